The van der Waals surface area contributed by atoms with E-state index in [2.05, 4.69) is 32.0 Å². The lowest BCUT2D eigenvalue weighted by molar-refractivity contribution is -0.132. The Kier molecular flexibility index (Phi) is 4.84. The Hall–Kier alpha value is -2.95. The third kappa shape index (κ3) is 2.78. The highest BCUT2D eigenvalue weighted by atomic mass is 16.5. The number of hydrogen-bond donors (Lipinski definition) is 1. The molecule has 2 aromatic carbocycles. The van der Waals surface area contributed by atoms with Crippen molar-refractivity contribution in [2.45, 2.75) is 71.1 Å². The smallest absolute Gasteiger partial charge is 0.308 e. The van der Waals surface area contributed by atoms with Crippen LogP contribution >= 0.6 is 0 Å². The van der Waals surface area contributed by atoms with E-state index in [9.17, 15) is 15.0 Å². The minimum atomic E-state index is -0.474. The van der Waals surface area contributed by atoms with E-state index in [0.717, 1.165) is 43.6 Å². The van der Waals surface area contributed by atoms with E-state index < -0.39 is 5.41 Å². The summed E-state index contributed by atoms with van der Waals surface area (Å²) < 4.78 is 11.2. The SMILES string of the molecule is CCCOc1ccc(C2CC3(C)C(=O)CCC34C(=N)C43CCc4cc(OC(C)=O)ccc4C23)cc1. The fourth-order valence-corrected chi connectivity index (χ4v) is 8.33. The van der Waals surface area contributed by atoms with Gasteiger partial charge in [-0.05, 0) is 79.0 Å². The molecule has 4 aliphatic carbocycles. The predicted molar refractivity (Wildman–Crippen MR) is 133 cm³/mol. The van der Waals surface area contributed by atoms with Crippen LogP contribution in [0.25, 0.3) is 0 Å². The number of carbonyl (C=O) groups is 2. The normalized spacial score (nSPS) is 34.4. The van der Waals surface area contributed by atoms with E-state index in [1.165, 1.54) is 23.6 Å². The van der Waals surface area contributed by atoms with Crippen LogP contribution in [0, 0.1) is 21.7 Å². The highest BCUT2D eigenvalue weighted by molar-refractivity contribution is 6.18. The Labute approximate surface area is 206 Å². The van der Waals surface area contributed by atoms with Crippen LogP contribution in [0.2, 0.25) is 0 Å². The number of benzene rings is 2. The lowest BCUT2D eigenvalue weighted by Gasteiger charge is -2.50. The largest absolute Gasteiger partial charge is 0.494 e. The third-order valence-electron chi connectivity index (χ3n) is 9.70. The first-order valence-electron chi connectivity index (χ1n) is 13.0. The van der Waals surface area contributed by atoms with E-state index in [4.69, 9.17) is 9.47 Å². The van der Waals surface area contributed by atoms with Gasteiger partial charge in [0.1, 0.15) is 17.3 Å². The van der Waals surface area contributed by atoms with E-state index in [1.54, 1.807) is 0 Å². The van der Waals surface area contributed by atoms with Crippen LogP contribution in [0.4, 0.5) is 0 Å². The molecule has 0 heterocycles. The van der Waals surface area contributed by atoms with Crippen LogP contribution < -0.4 is 9.47 Å². The van der Waals surface area contributed by atoms with E-state index in [-0.39, 0.29) is 28.6 Å². The summed E-state index contributed by atoms with van der Waals surface area (Å²) in [6.45, 7) is 6.36. The lowest BCUT2D eigenvalue weighted by Crippen LogP contribution is -2.46. The molecule has 4 aliphatic rings. The maximum absolute atomic E-state index is 13.4. The molecule has 182 valence electrons. The van der Waals surface area contributed by atoms with Crippen molar-refractivity contribution >= 4 is 17.5 Å². The second-order valence-electron chi connectivity index (χ2n) is 11.2. The number of ether oxygens (including phenoxy) is 2. The molecule has 1 N–H and O–H groups in total. The van der Waals surface area contributed by atoms with Gasteiger partial charge in [0, 0.05) is 41.2 Å². The zero-order chi connectivity index (χ0) is 24.6. The summed E-state index contributed by atoms with van der Waals surface area (Å²) >= 11 is 0. The van der Waals surface area contributed by atoms with Crippen LogP contribution in [-0.4, -0.2) is 24.1 Å². The third-order valence-corrected chi connectivity index (χ3v) is 9.70. The Morgan fingerprint density at radius 1 is 1.09 bits per heavy atom. The molecule has 2 spiro atoms. The van der Waals surface area contributed by atoms with Gasteiger partial charge in [-0.2, -0.15) is 0 Å². The zero-order valence-electron chi connectivity index (χ0n) is 20.8. The Bertz CT molecular complexity index is 1250. The number of nitrogens with one attached hydrogen (secondary N) is 1. The standard InChI is InChI=1S/C30H33NO4/c1-4-15-34-21-7-5-19(6-8-21)24-17-28(3)25(33)12-14-30(28)27(31)29(30)13-11-20-16-22(35-18(2)32)9-10-23(20)26(24)29/h5-10,16,24,26,31H,4,11-15,17H2,1-3H3. The molecule has 0 amide bonds. The van der Waals surface area contributed by atoms with Crippen LogP contribution in [0.1, 0.15) is 81.4 Å². The summed E-state index contributed by atoms with van der Waals surface area (Å²) in [5.74, 6) is 1.75. The molecule has 0 radical (unpaired) electrons. The highest BCUT2D eigenvalue weighted by Gasteiger charge is 2.87. The van der Waals surface area contributed by atoms with Gasteiger partial charge >= 0.3 is 5.97 Å². The fourth-order valence-electron chi connectivity index (χ4n) is 8.33. The van der Waals surface area contributed by atoms with Gasteiger partial charge in [0.25, 0.3) is 0 Å². The summed E-state index contributed by atoms with van der Waals surface area (Å²) in [6.07, 6.45) is 4.85. The molecule has 0 saturated heterocycles. The predicted octanol–water partition coefficient (Wildman–Crippen LogP) is 5.99. The van der Waals surface area contributed by atoms with Crippen molar-refractivity contribution in [2.75, 3.05) is 6.61 Å². The fraction of sp³-hybridized carbons (Fsp3) is 0.500. The first kappa shape index (κ1) is 22.5. The first-order chi connectivity index (χ1) is 16.8. The van der Waals surface area contributed by atoms with Gasteiger partial charge in [-0.1, -0.05) is 32.0 Å². The van der Waals surface area contributed by atoms with Crippen molar-refractivity contribution in [3.63, 3.8) is 0 Å². The van der Waals surface area contributed by atoms with Crippen molar-refractivity contribution < 1.29 is 19.1 Å². The molecule has 2 aromatic rings. The molecule has 6 rings (SSSR count). The maximum atomic E-state index is 13.4. The van der Waals surface area contributed by atoms with Gasteiger partial charge in [-0.25, -0.2) is 0 Å². The molecule has 3 saturated carbocycles. The van der Waals surface area contributed by atoms with Crippen molar-refractivity contribution in [1.29, 1.82) is 5.41 Å². The molecule has 5 atom stereocenters. The van der Waals surface area contributed by atoms with Gasteiger partial charge in [-0.3, -0.25) is 9.59 Å². The van der Waals surface area contributed by atoms with Crippen molar-refractivity contribution in [3.05, 3.63) is 59.2 Å². The minimum Gasteiger partial charge on any atom is -0.494 e. The quantitative estimate of drug-likeness (QED) is 0.429. The average Bonchev–Trinajstić information content (AvgIpc) is 3.25. The zero-order valence-corrected chi connectivity index (χ0v) is 20.8. The molecule has 5 nitrogen and oxygen atoms in total. The topological polar surface area (TPSA) is 76.5 Å². The summed E-state index contributed by atoms with van der Waals surface area (Å²) in [7, 11) is 0. The Balaban J connectivity index is 1.48. The summed E-state index contributed by atoms with van der Waals surface area (Å²) in [6, 6.07) is 14.4. The Morgan fingerprint density at radius 3 is 2.54 bits per heavy atom. The second-order valence-corrected chi connectivity index (χ2v) is 11.2. The van der Waals surface area contributed by atoms with Crippen LogP contribution in [-0.2, 0) is 16.0 Å². The van der Waals surface area contributed by atoms with Crippen LogP contribution in [0.3, 0.4) is 0 Å². The summed E-state index contributed by atoms with van der Waals surface area (Å²) in [4.78, 5) is 24.9. The highest BCUT2D eigenvalue weighted by Crippen LogP contribution is 2.86. The molecular formula is C30H33NO4. The number of aryl methyl sites for hydroxylation is 1. The second kappa shape index (κ2) is 7.52. The number of Topliss-reactive ketones (excluding diaryl/α,β-unsaturated/α-hetero) is 1. The number of ketones is 1. The molecule has 0 bridgehead atoms. The molecular weight excluding hydrogens is 438 g/mol. The number of carbonyl (C=O) groups excluding carboxylic acids is 2. The monoisotopic (exact) mass is 471 g/mol. The molecule has 35 heavy (non-hydrogen) atoms. The van der Waals surface area contributed by atoms with Gasteiger partial charge in [0.2, 0.25) is 0 Å². The van der Waals surface area contributed by atoms with E-state index in [1.807, 2.05) is 24.3 Å². The van der Waals surface area contributed by atoms with Gasteiger partial charge < -0.3 is 14.9 Å². The van der Waals surface area contributed by atoms with Crippen molar-refractivity contribution in [1.82, 2.24) is 0 Å². The first-order valence-corrected chi connectivity index (χ1v) is 13.0. The molecule has 5 unspecified atom stereocenters. The van der Waals surface area contributed by atoms with Gasteiger partial charge in [-0.15, -0.1) is 0 Å². The molecule has 3 fully saturated rings. The van der Waals surface area contributed by atoms with Crippen LogP contribution in [0.5, 0.6) is 11.5 Å². The van der Waals surface area contributed by atoms with E-state index >= 15 is 0 Å². The van der Waals surface area contributed by atoms with E-state index in [0.29, 0.717) is 24.6 Å². The molecule has 0 aliphatic heterocycles. The number of hydrogen-bond acceptors (Lipinski definition) is 5. The van der Waals surface area contributed by atoms with Gasteiger partial charge in [0.15, 0.2) is 0 Å². The lowest BCUT2D eigenvalue weighted by atomic mass is 9.51. The number of esters is 1. The molecule has 0 aromatic heterocycles. The van der Waals surface area contributed by atoms with Crippen molar-refractivity contribution in [3.8, 4) is 11.5 Å². The summed E-state index contributed by atoms with van der Waals surface area (Å²) in [5.41, 5.74) is 3.45. The maximum Gasteiger partial charge on any atom is 0.308 e. The minimum absolute atomic E-state index is 0.136. The number of fused-ring (bicyclic) bond motifs is 2. The Morgan fingerprint density at radius 2 is 1.83 bits per heavy atom. The average molecular weight is 472 g/mol. The summed E-state index contributed by atoms with van der Waals surface area (Å²) in [5, 5.41) is 9.31. The van der Waals surface area contributed by atoms with Crippen LogP contribution in [0.15, 0.2) is 42.5 Å². The van der Waals surface area contributed by atoms with Crippen molar-refractivity contribution in [2.24, 2.45) is 16.2 Å². The van der Waals surface area contributed by atoms with Gasteiger partial charge in [0.05, 0.1) is 6.61 Å². The number of rotatable bonds is 5. The molecule has 5 heteroatoms.